The second-order valence-electron chi connectivity index (χ2n) is 6.96. The van der Waals surface area contributed by atoms with Crippen molar-refractivity contribution in [3.8, 4) is 5.88 Å². The van der Waals surface area contributed by atoms with Gasteiger partial charge < -0.3 is 4.74 Å². The van der Waals surface area contributed by atoms with Crippen LogP contribution >= 0.6 is 15.9 Å². The third-order valence-electron chi connectivity index (χ3n) is 4.51. The molecule has 0 saturated heterocycles. The number of amides is 1. The van der Waals surface area contributed by atoms with Crippen LogP contribution in [0.2, 0.25) is 0 Å². The van der Waals surface area contributed by atoms with E-state index in [1.807, 2.05) is 6.92 Å². The summed E-state index contributed by atoms with van der Waals surface area (Å²) < 4.78 is 7.90. The Morgan fingerprint density at radius 1 is 1.32 bits per heavy atom. The summed E-state index contributed by atoms with van der Waals surface area (Å²) in [6.45, 7) is 3.68. The molecule has 2 aromatic heterocycles. The predicted molar refractivity (Wildman–Crippen MR) is 107 cm³/mol. The SMILES string of the molecule is Cc1cnc(NC(=O)Cn2nc(O[C@H]3C[C@@H]3C)c3cc(Br)ccc3c2=O)nc1. The monoisotopic (exact) mass is 443 g/mol. The molecule has 3 aromatic rings. The maximum absolute atomic E-state index is 12.8. The van der Waals surface area contributed by atoms with Crippen molar-refractivity contribution in [2.75, 3.05) is 5.32 Å². The van der Waals surface area contributed by atoms with Crippen LogP contribution in [-0.4, -0.2) is 31.8 Å². The molecule has 0 aliphatic heterocycles. The number of anilines is 1. The number of carbonyl (C=O) groups excluding carboxylic acids is 1. The zero-order valence-electron chi connectivity index (χ0n) is 15.3. The van der Waals surface area contributed by atoms with Crippen LogP contribution in [0.25, 0.3) is 10.8 Å². The first-order valence-electron chi connectivity index (χ1n) is 8.86. The largest absolute Gasteiger partial charge is 0.473 e. The lowest BCUT2D eigenvalue weighted by molar-refractivity contribution is -0.117. The molecule has 1 N–H and O–H groups in total. The summed E-state index contributed by atoms with van der Waals surface area (Å²) in [5, 5.41) is 7.95. The van der Waals surface area contributed by atoms with Crippen molar-refractivity contribution >= 4 is 38.6 Å². The molecule has 9 heteroatoms. The van der Waals surface area contributed by atoms with Crippen molar-refractivity contribution in [2.24, 2.45) is 5.92 Å². The van der Waals surface area contributed by atoms with E-state index in [4.69, 9.17) is 4.74 Å². The van der Waals surface area contributed by atoms with Crippen molar-refractivity contribution < 1.29 is 9.53 Å². The van der Waals surface area contributed by atoms with Crippen LogP contribution in [-0.2, 0) is 11.3 Å². The van der Waals surface area contributed by atoms with Gasteiger partial charge in [-0.1, -0.05) is 22.9 Å². The molecule has 1 aliphatic rings. The zero-order valence-corrected chi connectivity index (χ0v) is 16.9. The average molecular weight is 444 g/mol. The van der Waals surface area contributed by atoms with Crippen molar-refractivity contribution in [2.45, 2.75) is 32.9 Å². The van der Waals surface area contributed by atoms with Crippen molar-refractivity contribution in [3.05, 3.63) is 51.0 Å². The molecule has 1 aliphatic carbocycles. The van der Waals surface area contributed by atoms with Gasteiger partial charge in [0, 0.05) is 16.9 Å². The molecule has 1 saturated carbocycles. The van der Waals surface area contributed by atoms with E-state index in [0.717, 1.165) is 21.1 Å². The highest BCUT2D eigenvalue weighted by Crippen LogP contribution is 2.35. The van der Waals surface area contributed by atoms with Crippen molar-refractivity contribution in [3.63, 3.8) is 0 Å². The van der Waals surface area contributed by atoms with Crippen LogP contribution in [0.4, 0.5) is 5.95 Å². The van der Waals surface area contributed by atoms with E-state index in [0.29, 0.717) is 22.6 Å². The maximum atomic E-state index is 12.8. The van der Waals surface area contributed by atoms with Crippen LogP contribution in [0, 0.1) is 12.8 Å². The zero-order chi connectivity index (χ0) is 19.8. The van der Waals surface area contributed by atoms with Gasteiger partial charge in [-0.25, -0.2) is 14.6 Å². The smallest absolute Gasteiger partial charge is 0.275 e. The Labute approximate surface area is 169 Å². The van der Waals surface area contributed by atoms with E-state index in [2.05, 4.69) is 43.2 Å². The Morgan fingerprint density at radius 3 is 2.71 bits per heavy atom. The lowest BCUT2D eigenvalue weighted by atomic mass is 10.2. The predicted octanol–water partition coefficient (Wildman–Crippen LogP) is 2.68. The Morgan fingerprint density at radius 2 is 2.04 bits per heavy atom. The van der Waals surface area contributed by atoms with E-state index in [1.54, 1.807) is 30.6 Å². The minimum absolute atomic E-state index is 0.0791. The molecule has 2 heterocycles. The average Bonchev–Trinajstić information content (AvgIpc) is 3.35. The number of nitrogens with zero attached hydrogens (tertiary/aromatic N) is 4. The summed E-state index contributed by atoms with van der Waals surface area (Å²) in [6, 6.07) is 5.28. The lowest BCUT2D eigenvalue weighted by Crippen LogP contribution is -2.30. The van der Waals surface area contributed by atoms with E-state index < -0.39 is 5.91 Å². The highest BCUT2D eigenvalue weighted by atomic mass is 79.9. The quantitative estimate of drug-likeness (QED) is 0.650. The molecule has 144 valence electrons. The Hall–Kier alpha value is -2.81. The molecule has 0 radical (unpaired) electrons. The summed E-state index contributed by atoms with van der Waals surface area (Å²) in [7, 11) is 0. The fraction of sp³-hybridized carbons (Fsp3) is 0.316. The first-order valence-corrected chi connectivity index (χ1v) is 9.65. The van der Waals surface area contributed by atoms with Crippen LogP contribution in [0.15, 0.2) is 39.9 Å². The van der Waals surface area contributed by atoms with Gasteiger partial charge in [0.05, 0.1) is 10.8 Å². The van der Waals surface area contributed by atoms with Gasteiger partial charge in [0.2, 0.25) is 17.7 Å². The molecular formula is C19H18BrN5O3. The standard InChI is InChI=1S/C19H18BrN5O3/c1-10-7-21-19(22-8-10)23-16(26)9-25-18(27)13-4-3-12(20)6-14(13)17(24-25)28-15-5-11(15)2/h3-4,6-8,11,15H,5,9H2,1-2H3,(H,21,22,23,26)/t11-,15-/m0/s1. The fourth-order valence-electron chi connectivity index (χ4n) is 2.77. The second-order valence-corrected chi connectivity index (χ2v) is 7.88. The third kappa shape index (κ3) is 3.89. The van der Waals surface area contributed by atoms with E-state index in [1.165, 1.54) is 0 Å². The van der Waals surface area contributed by atoms with Gasteiger partial charge in [-0.3, -0.25) is 14.9 Å². The van der Waals surface area contributed by atoms with E-state index in [9.17, 15) is 9.59 Å². The first-order chi connectivity index (χ1) is 13.4. The van der Waals surface area contributed by atoms with E-state index >= 15 is 0 Å². The summed E-state index contributed by atoms with van der Waals surface area (Å²) in [5.74, 6) is 0.535. The van der Waals surface area contributed by atoms with Gasteiger partial charge in [0.15, 0.2) is 0 Å². The van der Waals surface area contributed by atoms with Crippen LogP contribution in [0.3, 0.4) is 0 Å². The normalized spacial score (nSPS) is 18.1. The van der Waals surface area contributed by atoms with E-state index in [-0.39, 0.29) is 24.2 Å². The van der Waals surface area contributed by atoms with Gasteiger partial charge in [0.25, 0.3) is 5.56 Å². The number of rotatable bonds is 5. The molecule has 28 heavy (non-hydrogen) atoms. The van der Waals surface area contributed by atoms with Crippen LogP contribution in [0.1, 0.15) is 18.9 Å². The minimum atomic E-state index is -0.444. The van der Waals surface area contributed by atoms with Crippen LogP contribution in [0.5, 0.6) is 5.88 Å². The summed E-state index contributed by atoms with van der Waals surface area (Å²) in [5.41, 5.74) is 0.520. The summed E-state index contributed by atoms with van der Waals surface area (Å²) in [4.78, 5) is 33.2. The number of benzene rings is 1. The molecule has 1 fully saturated rings. The Kier molecular flexibility index (Phi) is 4.84. The molecule has 1 amide bonds. The maximum Gasteiger partial charge on any atom is 0.275 e. The topological polar surface area (TPSA) is 99.0 Å². The van der Waals surface area contributed by atoms with Gasteiger partial charge in [-0.15, -0.1) is 5.10 Å². The summed E-state index contributed by atoms with van der Waals surface area (Å²) in [6.07, 6.45) is 4.23. The van der Waals surface area contributed by atoms with Gasteiger partial charge >= 0.3 is 0 Å². The van der Waals surface area contributed by atoms with Crippen molar-refractivity contribution in [1.82, 2.24) is 19.7 Å². The Balaban J connectivity index is 1.65. The molecule has 1 aromatic carbocycles. The van der Waals surface area contributed by atoms with Crippen molar-refractivity contribution in [1.29, 1.82) is 0 Å². The molecule has 4 rings (SSSR count). The number of fused-ring (bicyclic) bond motifs is 1. The number of aromatic nitrogens is 4. The minimum Gasteiger partial charge on any atom is -0.473 e. The molecule has 8 nitrogen and oxygen atoms in total. The fourth-order valence-corrected chi connectivity index (χ4v) is 3.14. The third-order valence-corrected chi connectivity index (χ3v) is 5.01. The number of halogens is 1. The molecule has 0 spiro atoms. The molecule has 2 atom stereocenters. The summed E-state index contributed by atoms with van der Waals surface area (Å²) >= 11 is 3.42. The number of nitrogens with one attached hydrogen (secondary N) is 1. The molecule has 0 unspecified atom stereocenters. The highest BCUT2D eigenvalue weighted by Gasteiger charge is 2.36. The van der Waals surface area contributed by atoms with Gasteiger partial charge in [-0.05, 0) is 43.0 Å². The second kappa shape index (κ2) is 7.31. The van der Waals surface area contributed by atoms with Crippen LogP contribution < -0.4 is 15.6 Å². The molecular weight excluding hydrogens is 426 g/mol. The van der Waals surface area contributed by atoms with Gasteiger partial charge in [0.1, 0.15) is 12.6 Å². The highest BCUT2D eigenvalue weighted by molar-refractivity contribution is 9.10. The number of hydrogen-bond donors (Lipinski definition) is 1. The number of aryl methyl sites for hydroxylation is 1. The first kappa shape index (κ1) is 18.5. The Bertz CT molecular complexity index is 1110. The number of hydrogen-bond acceptors (Lipinski definition) is 6. The molecule has 0 bridgehead atoms. The lowest BCUT2D eigenvalue weighted by Gasteiger charge is -2.12. The number of ether oxygens (including phenoxy) is 1. The number of carbonyl (C=O) groups is 1. The van der Waals surface area contributed by atoms with Gasteiger partial charge in [-0.2, -0.15) is 0 Å².